The molecule has 1 fully saturated rings. The second kappa shape index (κ2) is 6.00. The Morgan fingerprint density at radius 3 is 2.60 bits per heavy atom. The fourth-order valence-corrected chi connectivity index (χ4v) is 2.37. The predicted molar refractivity (Wildman–Crippen MR) is 68.2 cm³/mol. The quantitative estimate of drug-likeness (QED) is 0.834. The van der Waals surface area contributed by atoms with Crippen molar-refractivity contribution >= 4 is 11.9 Å². The normalized spacial score (nSPS) is 16.4. The van der Waals surface area contributed by atoms with Crippen LogP contribution in [0.2, 0.25) is 0 Å². The van der Waals surface area contributed by atoms with Crippen molar-refractivity contribution < 1.29 is 19.4 Å². The van der Waals surface area contributed by atoms with E-state index >= 15 is 0 Å². The van der Waals surface area contributed by atoms with Gasteiger partial charge < -0.3 is 14.7 Å². The molecule has 1 aliphatic rings. The number of carbonyl (C=O) groups excluding carboxylic acids is 1. The summed E-state index contributed by atoms with van der Waals surface area (Å²) in [4.78, 5) is 25.2. The first-order valence-corrected chi connectivity index (χ1v) is 6.51. The SMILES string of the molecule is COCc1c(C(=O)O)nnn1C(C)C(=O)N1CCCC1. The summed E-state index contributed by atoms with van der Waals surface area (Å²) in [5.74, 6) is -1.24. The van der Waals surface area contributed by atoms with Crippen molar-refractivity contribution in [1.82, 2.24) is 19.9 Å². The minimum absolute atomic E-state index is 0.0479. The van der Waals surface area contributed by atoms with E-state index in [1.807, 2.05) is 0 Å². The van der Waals surface area contributed by atoms with E-state index in [2.05, 4.69) is 10.3 Å². The number of ether oxygens (including phenoxy) is 1. The number of aromatic carboxylic acids is 1. The zero-order valence-corrected chi connectivity index (χ0v) is 11.6. The maximum atomic E-state index is 12.3. The van der Waals surface area contributed by atoms with Gasteiger partial charge in [-0.1, -0.05) is 5.21 Å². The maximum Gasteiger partial charge on any atom is 0.358 e. The molecule has 2 rings (SSSR count). The number of hydrogen-bond donors (Lipinski definition) is 1. The molecule has 1 amide bonds. The first kappa shape index (κ1) is 14.4. The zero-order chi connectivity index (χ0) is 14.7. The number of carboxylic acids is 1. The molecule has 1 aromatic rings. The summed E-state index contributed by atoms with van der Waals surface area (Å²) < 4.78 is 6.32. The maximum absolute atomic E-state index is 12.3. The van der Waals surface area contributed by atoms with Crippen LogP contribution in [0.15, 0.2) is 0 Å². The van der Waals surface area contributed by atoms with E-state index in [1.165, 1.54) is 11.8 Å². The van der Waals surface area contributed by atoms with Gasteiger partial charge in [0.05, 0.1) is 6.61 Å². The molecule has 0 aliphatic carbocycles. The van der Waals surface area contributed by atoms with Crippen LogP contribution in [-0.4, -0.2) is 57.1 Å². The molecule has 8 heteroatoms. The lowest BCUT2D eigenvalue weighted by Gasteiger charge is -2.21. The topological polar surface area (TPSA) is 97.5 Å². The molecule has 1 saturated heterocycles. The number of amides is 1. The molecule has 8 nitrogen and oxygen atoms in total. The molecule has 20 heavy (non-hydrogen) atoms. The van der Waals surface area contributed by atoms with Crippen LogP contribution in [0.5, 0.6) is 0 Å². The van der Waals surface area contributed by atoms with Crippen LogP contribution in [0.4, 0.5) is 0 Å². The largest absolute Gasteiger partial charge is 0.476 e. The predicted octanol–water partition coefficient (Wildman–Crippen LogP) is 0.306. The van der Waals surface area contributed by atoms with Gasteiger partial charge in [0.1, 0.15) is 11.7 Å². The van der Waals surface area contributed by atoms with Gasteiger partial charge >= 0.3 is 5.97 Å². The number of nitrogens with zero attached hydrogens (tertiary/aromatic N) is 4. The number of methoxy groups -OCH3 is 1. The van der Waals surface area contributed by atoms with Crippen LogP contribution in [0, 0.1) is 0 Å². The lowest BCUT2D eigenvalue weighted by Crippen LogP contribution is -2.35. The summed E-state index contributed by atoms with van der Waals surface area (Å²) in [6.45, 7) is 3.22. The number of likely N-dealkylation sites (tertiary alicyclic amines) is 1. The van der Waals surface area contributed by atoms with Crippen LogP contribution in [-0.2, 0) is 16.1 Å². The second-order valence-electron chi connectivity index (χ2n) is 4.78. The van der Waals surface area contributed by atoms with Crippen LogP contribution in [0.1, 0.15) is 42.0 Å². The highest BCUT2D eigenvalue weighted by atomic mass is 16.5. The fraction of sp³-hybridized carbons (Fsp3) is 0.667. The van der Waals surface area contributed by atoms with Crippen LogP contribution >= 0.6 is 0 Å². The second-order valence-corrected chi connectivity index (χ2v) is 4.78. The van der Waals surface area contributed by atoms with Gasteiger partial charge in [-0.2, -0.15) is 0 Å². The highest BCUT2D eigenvalue weighted by Gasteiger charge is 2.29. The third kappa shape index (κ3) is 2.64. The summed E-state index contributed by atoms with van der Waals surface area (Å²) in [6, 6.07) is -0.584. The summed E-state index contributed by atoms with van der Waals surface area (Å²) >= 11 is 0. The Hall–Kier alpha value is -1.96. The Morgan fingerprint density at radius 1 is 1.40 bits per heavy atom. The number of hydrogen-bond acceptors (Lipinski definition) is 5. The zero-order valence-electron chi connectivity index (χ0n) is 11.6. The van der Waals surface area contributed by atoms with E-state index in [0.717, 1.165) is 25.9 Å². The molecule has 0 saturated carbocycles. The van der Waals surface area contributed by atoms with Gasteiger partial charge in [0.25, 0.3) is 0 Å². The van der Waals surface area contributed by atoms with Gasteiger partial charge in [0.2, 0.25) is 5.91 Å². The number of carboxylic acid groups (broad SMARTS) is 1. The van der Waals surface area contributed by atoms with Crippen molar-refractivity contribution in [3.05, 3.63) is 11.4 Å². The smallest absolute Gasteiger partial charge is 0.358 e. The lowest BCUT2D eigenvalue weighted by molar-refractivity contribution is -0.133. The van der Waals surface area contributed by atoms with E-state index in [1.54, 1.807) is 11.8 Å². The Bertz CT molecular complexity index is 508. The molecule has 0 radical (unpaired) electrons. The van der Waals surface area contributed by atoms with Crippen molar-refractivity contribution in [1.29, 1.82) is 0 Å². The lowest BCUT2D eigenvalue weighted by atomic mass is 10.2. The minimum atomic E-state index is -1.18. The summed E-state index contributed by atoms with van der Waals surface area (Å²) in [5, 5.41) is 16.5. The number of carbonyl (C=O) groups is 2. The molecular weight excluding hydrogens is 264 g/mol. The average Bonchev–Trinajstić information content (AvgIpc) is 3.06. The Labute approximate surface area is 116 Å². The monoisotopic (exact) mass is 282 g/mol. The van der Waals surface area contributed by atoms with Crippen molar-refractivity contribution in [2.75, 3.05) is 20.2 Å². The Kier molecular flexibility index (Phi) is 4.33. The Morgan fingerprint density at radius 2 is 2.05 bits per heavy atom. The molecule has 1 aromatic heterocycles. The molecule has 110 valence electrons. The first-order chi connectivity index (χ1) is 9.56. The van der Waals surface area contributed by atoms with Crippen molar-refractivity contribution in [3.8, 4) is 0 Å². The van der Waals surface area contributed by atoms with Crippen LogP contribution < -0.4 is 0 Å². The van der Waals surface area contributed by atoms with Gasteiger partial charge in [-0.25, -0.2) is 9.48 Å². The third-order valence-electron chi connectivity index (χ3n) is 3.42. The van der Waals surface area contributed by atoms with E-state index in [9.17, 15) is 9.59 Å². The van der Waals surface area contributed by atoms with Crippen molar-refractivity contribution in [2.24, 2.45) is 0 Å². The van der Waals surface area contributed by atoms with Gasteiger partial charge in [-0.05, 0) is 19.8 Å². The third-order valence-corrected chi connectivity index (χ3v) is 3.42. The highest BCUT2D eigenvalue weighted by Crippen LogP contribution is 2.18. The van der Waals surface area contributed by atoms with Crippen LogP contribution in [0.3, 0.4) is 0 Å². The molecule has 2 heterocycles. The van der Waals surface area contributed by atoms with E-state index in [4.69, 9.17) is 9.84 Å². The van der Waals surface area contributed by atoms with E-state index < -0.39 is 12.0 Å². The van der Waals surface area contributed by atoms with Crippen molar-refractivity contribution in [2.45, 2.75) is 32.4 Å². The van der Waals surface area contributed by atoms with Crippen molar-refractivity contribution in [3.63, 3.8) is 0 Å². The highest BCUT2D eigenvalue weighted by molar-refractivity contribution is 5.87. The molecule has 0 spiro atoms. The van der Waals surface area contributed by atoms with Gasteiger partial charge in [0, 0.05) is 20.2 Å². The fourth-order valence-electron chi connectivity index (χ4n) is 2.37. The standard InChI is InChI=1S/C12H18N4O4/c1-8(11(17)15-5-3-4-6-15)16-9(7-20-2)10(12(18)19)13-14-16/h8H,3-7H2,1-2H3,(H,18,19). The summed E-state index contributed by atoms with van der Waals surface area (Å²) in [7, 11) is 1.45. The van der Waals surface area contributed by atoms with Gasteiger partial charge in [-0.15, -0.1) is 5.10 Å². The number of aromatic nitrogens is 3. The summed E-state index contributed by atoms with van der Waals surface area (Å²) in [5.41, 5.74) is 0.132. The summed E-state index contributed by atoms with van der Waals surface area (Å²) in [6.07, 6.45) is 2.00. The minimum Gasteiger partial charge on any atom is -0.476 e. The van der Waals surface area contributed by atoms with E-state index in [0.29, 0.717) is 5.69 Å². The first-order valence-electron chi connectivity index (χ1n) is 6.51. The van der Waals surface area contributed by atoms with Gasteiger partial charge in [0.15, 0.2) is 5.69 Å². The molecule has 0 aromatic carbocycles. The molecular formula is C12H18N4O4. The molecule has 1 N–H and O–H groups in total. The average molecular weight is 282 g/mol. The van der Waals surface area contributed by atoms with Crippen LogP contribution in [0.25, 0.3) is 0 Å². The molecule has 1 atom stereocenters. The molecule has 1 unspecified atom stereocenters. The van der Waals surface area contributed by atoms with Gasteiger partial charge in [-0.3, -0.25) is 4.79 Å². The Balaban J connectivity index is 2.26. The van der Waals surface area contributed by atoms with E-state index in [-0.39, 0.29) is 18.2 Å². The molecule has 0 bridgehead atoms. The number of rotatable bonds is 5. The molecule has 1 aliphatic heterocycles.